The van der Waals surface area contributed by atoms with E-state index in [9.17, 15) is 9.59 Å². The van der Waals surface area contributed by atoms with E-state index < -0.39 is 0 Å². The summed E-state index contributed by atoms with van der Waals surface area (Å²) in [5, 5.41) is 1.14. The Hall–Kier alpha value is -2.28. The van der Waals surface area contributed by atoms with Crippen LogP contribution in [-0.4, -0.2) is 48.4 Å². The number of nitrogens with zero attached hydrogens (tertiary/aromatic N) is 2. The molecule has 1 heterocycles. The van der Waals surface area contributed by atoms with E-state index in [2.05, 4.69) is 24.0 Å². The Morgan fingerprint density at radius 2 is 1.70 bits per heavy atom. The molecule has 1 aliphatic carbocycles. The fraction of sp³-hybridized carbons (Fsp3) is 0.517. The highest BCUT2D eigenvalue weighted by Crippen LogP contribution is 2.34. The third-order valence-electron chi connectivity index (χ3n) is 7.53. The van der Waals surface area contributed by atoms with E-state index in [0.717, 1.165) is 24.2 Å². The van der Waals surface area contributed by atoms with E-state index in [1.54, 1.807) is 7.11 Å². The highest BCUT2D eigenvalue weighted by atomic mass is 35.5. The van der Waals surface area contributed by atoms with Gasteiger partial charge in [0.05, 0.1) is 23.7 Å². The lowest BCUT2D eigenvalue weighted by molar-refractivity contribution is -0.138. The Labute approximate surface area is 229 Å². The fourth-order valence-electron chi connectivity index (χ4n) is 5.33. The van der Waals surface area contributed by atoms with Crippen LogP contribution in [0.5, 0.6) is 11.5 Å². The molecule has 2 fully saturated rings. The lowest BCUT2D eigenvalue weighted by Gasteiger charge is -2.34. The Bertz CT molecular complexity index is 1090. The second-order valence-electron chi connectivity index (χ2n) is 10.1. The van der Waals surface area contributed by atoms with E-state index in [1.807, 2.05) is 24.3 Å². The molecule has 1 unspecified atom stereocenters. The molecule has 2 aromatic carbocycles. The molecule has 8 heteroatoms. The Morgan fingerprint density at radius 1 is 0.973 bits per heavy atom. The summed E-state index contributed by atoms with van der Waals surface area (Å²) in [6, 6.07) is 12.0. The van der Waals surface area contributed by atoms with E-state index >= 15 is 0 Å². The van der Waals surface area contributed by atoms with Gasteiger partial charge in [0.15, 0.2) is 11.5 Å². The number of likely N-dealkylation sites (tertiary alicyclic amines) is 1. The smallest absolute Gasteiger partial charge is 0.229 e. The molecule has 0 aromatic heterocycles. The molecule has 1 saturated heterocycles. The first-order valence-electron chi connectivity index (χ1n) is 13.2. The maximum atomic E-state index is 11.8. The standard InChI is InChI=1S/C29H36Cl2N2O4/c1-20(23-9-10-24(30)25(31)17-23)32(18-21-6-4-3-5-7-21)19-22-8-11-26(27(16-22)36-2)37-15-14-33-28(34)12-13-29(33)35/h8-11,16-17,20-21H,3-7,12-15,18-19H2,1-2H3. The van der Waals surface area contributed by atoms with Crippen LogP contribution in [0.1, 0.15) is 69.0 Å². The Morgan fingerprint density at radius 3 is 2.38 bits per heavy atom. The van der Waals surface area contributed by atoms with Crippen LogP contribution in [0.3, 0.4) is 0 Å². The van der Waals surface area contributed by atoms with Crippen LogP contribution < -0.4 is 9.47 Å². The average Bonchev–Trinajstić information content (AvgIpc) is 3.23. The van der Waals surface area contributed by atoms with Gasteiger partial charge < -0.3 is 9.47 Å². The van der Waals surface area contributed by atoms with Crippen LogP contribution in [0.15, 0.2) is 36.4 Å². The van der Waals surface area contributed by atoms with Crippen LogP contribution in [0.2, 0.25) is 10.0 Å². The number of ether oxygens (including phenoxy) is 2. The minimum absolute atomic E-state index is 0.134. The second-order valence-corrected chi connectivity index (χ2v) is 10.9. The van der Waals surface area contributed by atoms with Crippen LogP contribution in [0.4, 0.5) is 0 Å². The number of amides is 2. The Kier molecular flexibility index (Phi) is 9.74. The molecular formula is C29H36Cl2N2O4. The molecule has 2 amide bonds. The third-order valence-corrected chi connectivity index (χ3v) is 8.27. The van der Waals surface area contributed by atoms with Crippen molar-refractivity contribution in [2.45, 2.75) is 64.5 Å². The molecule has 0 bridgehead atoms. The zero-order valence-electron chi connectivity index (χ0n) is 21.7. The van der Waals surface area contributed by atoms with E-state index in [-0.39, 0.29) is 43.8 Å². The van der Waals surface area contributed by atoms with Gasteiger partial charge in [0.1, 0.15) is 6.61 Å². The van der Waals surface area contributed by atoms with Crippen molar-refractivity contribution >= 4 is 35.0 Å². The zero-order valence-corrected chi connectivity index (χ0v) is 23.2. The number of methoxy groups -OCH3 is 1. The summed E-state index contributed by atoms with van der Waals surface area (Å²) in [6.07, 6.45) is 7.04. The monoisotopic (exact) mass is 546 g/mol. The molecule has 0 N–H and O–H groups in total. The minimum Gasteiger partial charge on any atom is -0.493 e. The molecule has 6 nitrogen and oxygen atoms in total. The van der Waals surface area contributed by atoms with Crippen molar-refractivity contribution in [3.63, 3.8) is 0 Å². The SMILES string of the molecule is COc1cc(CN(CC2CCCCC2)C(C)c2ccc(Cl)c(Cl)c2)ccc1OCCN1C(=O)CCC1=O. The van der Waals surface area contributed by atoms with Crippen molar-refractivity contribution in [2.75, 3.05) is 26.8 Å². The molecule has 37 heavy (non-hydrogen) atoms. The lowest BCUT2D eigenvalue weighted by Crippen LogP contribution is -2.33. The quantitative estimate of drug-likeness (QED) is 0.294. The predicted octanol–water partition coefficient (Wildman–Crippen LogP) is 6.67. The highest BCUT2D eigenvalue weighted by molar-refractivity contribution is 6.42. The molecule has 1 saturated carbocycles. The molecule has 0 radical (unpaired) electrons. The first-order chi connectivity index (χ1) is 17.9. The lowest BCUT2D eigenvalue weighted by atomic mass is 9.88. The largest absolute Gasteiger partial charge is 0.493 e. The summed E-state index contributed by atoms with van der Waals surface area (Å²) in [5.74, 6) is 1.65. The van der Waals surface area contributed by atoms with Crippen molar-refractivity contribution in [3.05, 3.63) is 57.6 Å². The molecular weight excluding hydrogens is 511 g/mol. The van der Waals surface area contributed by atoms with E-state index in [4.69, 9.17) is 32.7 Å². The van der Waals surface area contributed by atoms with Crippen LogP contribution in [0, 0.1) is 5.92 Å². The number of halogens is 2. The number of carbonyl (C=O) groups excluding carboxylic acids is 2. The molecule has 200 valence electrons. The molecule has 1 aliphatic heterocycles. The van der Waals surface area contributed by atoms with E-state index in [1.165, 1.54) is 37.0 Å². The van der Waals surface area contributed by atoms with Crippen molar-refractivity contribution < 1.29 is 19.1 Å². The van der Waals surface area contributed by atoms with Gasteiger partial charge in [0, 0.05) is 32.0 Å². The highest BCUT2D eigenvalue weighted by Gasteiger charge is 2.28. The summed E-state index contributed by atoms with van der Waals surface area (Å²) < 4.78 is 11.5. The third kappa shape index (κ3) is 7.18. The number of benzene rings is 2. The number of imide groups is 1. The van der Waals surface area contributed by atoms with Crippen LogP contribution >= 0.6 is 23.2 Å². The first-order valence-corrected chi connectivity index (χ1v) is 13.9. The molecule has 1 atom stereocenters. The second kappa shape index (κ2) is 13.0. The van der Waals surface area contributed by atoms with Crippen molar-refractivity contribution in [1.29, 1.82) is 0 Å². The van der Waals surface area contributed by atoms with Gasteiger partial charge in [0.2, 0.25) is 11.8 Å². The molecule has 2 aliphatic rings. The number of carbonyl (C=O) groups is 2. The summed E-state index contributed by atoms with van der Waals surface area (Å²) in [5.41, 5.74) is 2.26. The van der Waals surface area contributed by atoms with Crippen molar-refractivity contribution in [1.82, 2.24) is 9.80 Å². The van der Waals surface area contributed by atoms with Gasteiger partial charge in [-0.3, -0.25) is 19.4 Å². The van der Waals surface area contributed by atoms with Crippen molar-refractivity contribution in [3.8, 4) is 11.5 Å². The Balaban J connectivity index is 1.46. The first kappa shape index (κ1) is 27.7. The van der Waals surface area contributed by atoms with Gasteiger partial charge in [0.25, 0.3) is 0 Å². The molecule has 4 rings (SSSR count). The maximum Gasteiger partial charge on any atom is 0.229 e. The number of hydrogen-bond donors (Lipinski definition) is 0. The fourth-order valence-corrected chi connectivity index (χ4v) is 5.63. The van der Waals surface area contributed by atoms with Gasteiger partial charge in [-0.25, -0.2) is 0 Å². The van der Waals surface area contributed by atoms with Crippen LogP contribution in [-0.2, 0) is 16.1 Å². The van der Waals surface area contributed by atoms with Gasteiger partial charge >= 0.3 is 0 Å². The van der Waals surface area contributed by atoms with Gasteiger partial charge in [-0.05, 0) is 61.1 Å². The summed E-state index contributed by atoms with van der Waals surface area (Å²) in [4.78, 5) is 27.5. The van der Waals surface area contributed by atoms with Gasteiger partial charge in [-0.2, -0.15) is 0 Å². The number of hydrogen-bond acceptors (Lipinski definition) is 5. The predicted molar refractivity (Wildman–Crippen MR) is 146 cm³/mol. The average molecular weight is 548 g/mol. The normalized spacial score (nSPS) is 17.5. The van der Waals surface area contributed by atoms with E-state index in [0.29, 0.717) is 27.5 Å². The van der Waals surface area contributed by atoms with Crippen molar-refractivity contribution in [2.24, 2.45) is 5.92 Å². The zero-order chi connectivity index (χ0) is 26.4. The topological polar surface area (TPSA) is 59.1 Å². The maximum absolute atomic E-state index is 11.8. The van der Waals surface area contributed by atoms with Crippen LogP contribution in [0.25, 0.3) is 0 Å². The minimum atomic E-state index is -0.134. The summed E-state index contributed by atoms with van der Waals surface area (Å²) in [7, 11) is 1.62. The number of rotatable bonds is 11. The van der Waals surface area contributed by atoms with Gasteiger partial charge in [-0.1, -0.05) is 54.6 Å². The summed E-state index contributed by atoms with van der Waals surface area (Å²) in [6.45, 7) is 4.47. The molecule has 2 aromatic rings. The van der Waals surface area contributed by atoms with Gasteiger partial charge in [-0.15, -0.1) is 0 Å². The molecule has 0 spiro atoms. The summed E-state index contributed by atoms with van der Waals surface area (Å²) >= 11 is 12.5.